The third-order valence-corrected chi connectivity index (χ3v) is 7.77. The van der Waals surface area contributed by atoms with Crippen molar-refractivity contribution in [1.82, 2.24) is 0 Å². The summed E-state index contributed by atoms with van der Waals surface area (Å²) in [5.41, 5.74) is 6.56. The van der Waals surface area contributed by atoms with E-state index in [0.29, 0.717) is 5.41 Å². The van der Waals surface area contributed by atoms with Crippen LogP contribution in [0.25, 0.3) is 0 Å². The van der Waals surface area contributed by atoms with E-state index in [-0.39, 0.29) is 0 Å². The van der Waals surface area contributed by atoms with Crippen molar-refractivity contribution in [3.05, 3.63) is 20.8 Å². The van der Waals surface area contributed by atoms with Gasteiger partial charge in [0.05, 0.1) is 0 Å². The molecule has 2 unspecified atom stereocenters. The first-order valence-corrected chi connectivity index (χ1v) is 8.82. The lowest BCUT2D eigenvalue weighted by molar-refractivity contribution is -0.0510. The van der Waals surface area contributed by atoms with Gasteiger partial charge in [-0.15, -0.1) is 11.3 Å². The van der Waals surface area contributed by atoms with Crippen LogP contribution in [0.2, 0.25) is 0 Å². The summed E-state index contributed by atoms with van der Waals surface area (Å²) in [5, 5.41) is 2.26. The molecule has 3 heteroatoms. The number of hydrogen-bond donors (Lipinski definition) is 1. The van der Waals surface area contributed by atoms with E-state index in [4.69, 9.17) is 5.73 Å². The average Bonchev–Trinajstić information content (AvgIpc) is 2.76. The van der Waals surface area contributed by atoms with Crippen LogP contribution in [0.5, 0.6) is 0 Å². The first kappa shape index (κ1) is 11.9. The molecule has 0 aliphatic heterocycles. The van der Waals surface area contributed by atoms with Gasteiger partial charge in [0.15, 0.2) is 0 Å². The largest absolute Gasteiger partial charge is 0.330 e. The zero-order chi connectivity index (χ0) is 12.3. The number of halogens is 1. The number of hydrogen-bond acceptors (Lipinski definition) is 2. The van der Waals surface area contributed by atoms with Crippen molar-refractivity contribution in [2.45, 2.75) is 37.5 Å². The minimum atomic E-state index is 0.527. The van der Waals surface area contributed by atoms with Gasteiger partial charge in [-0.2, -0.15) is 0 Å². The fraction of sp³-hybridized carbons (Fsp3) is 0.733. The van der Waals surface area contributed by atoms with Crippen molar-refractivity contribution in [3.63, 3.8) is 0 Å². The van der Waals surface area contributed by atoms with Crippen LogP contribution in [0.3, 0.4) is 0 Å². The van der Waals surface area contributed by atoms with Crippen molar-refractivity contribution >= 4 is 27.3 Å². The van der Waals surface area contributed by atoms with Crippen LogP contribution in [0.4, 0.5) is 0 Å². The number of thiophene rings is 1. The normalized spacial score (nSPS) is 45.7. The Morgan fingerprint density at radius 1 is 1.28 bits per heavy atom. The molecule has 18 heavy (non-hydrogen) atoms. The van der Waals surface area contributed by atoms with Crippen molar-refractivity contribution in [3.8, 4) is 0 Å². The van der Waals surface area contributed by atoms with E-state index < -0.39 is 0 Å². The zero-order valence-electron chi connectivity index (χ0n) is 10.6. The molecule has 1 aromatic rings. The summed E-state index contributed by atoms with van der Waals surface area (Å²) in [7, 11) is 0. The van der Waals surface area contributed by atoms with Gasteiger partial charge in [-0.25, -0.2) is 0 Å². The fourth-order valence-electron chi connectivity index (χ4n) is 5.41. The Morgan fingerprint density at radius 3 is 2.56 bits per heavy atom. The lowest BCUT2D eigenvalue weighted by atomic mass is 9.46. The van der Waals surface area contributed by atoms with Gasteiger partial charge in [-0.3, -0.25) is 0 Å². The monoisotopic (exact) mass is 325 g/mol. The molecule has 1 heterocycles. The molecule has 1 aromatic heterocycles. The van der Waals surface area contributed by atoms with Crippen LogP contribution in [-0.4, -0.2) is 6.54 Å². The summed E-state index contributed by atoms with van der Waals surface area (Å²) in [4.78, 5) is 1.64. The summed E-state index contributed by atoms with van der Waals surface area (Å²) < 4.78 is 1.27. The molecule has 2 atom stereocenters. The smallest absolute Gasteiger partial charge is 0.0285 e. The molecule has 4 bridgehead atoms. The lowest BCUT2D eigenvalue weighted by Gasteiger charge is -2.60. The minimum Gasteiger partial charge on any atom is -0.330 e. The predicted molar refractivity (Wildman–Crippen MR) is 79.8 cm³/mol. The molecule has 4 fully saturated rings. The van der Waals surface area contributed by atoms with Gasteiger partial charge in [-0.1, -0.05) is 0 Å². The SMILES string of the molecule is NCC1C2CC3CC1CC(c1cc(Br)cs1)(C3)C2. The van der Waals surface area contributed by atoms with Crippen LogP contribution in [0.15, 0.2) is 15.9 Å². The molecule has 1 nitrogen and oxygen atoms in total. The molecule has 4 aliphatic rings. The number of nitrogens with two attached hydrogens (primary N) is 1. The second kappa shape index (κ2) is 4.07. The summed E-state index contributed by atoms with van der Waals surface area (Å²) in [6.45, 7) is 0.923. The predicted octanol–water partition coefficient (Wildman–Crippen LogP) is 4.16. The lowest BCUT2D eigenvalue weighted by Crippen LogP contribution is -2.54. The van der Waals surface area contributed by atoms with Crippen LogP contribution < -0.4 is 5.73 Å². The molecule has 98 valence electrons. The van der Waals surface area contributed by atoms with Crippen molar-refractivity contribution < 1.29 is 0 Å². The van der Waals surface area contributed by atoms with Gasteiger partial charge in [0.1, 0.15) is 0 Å². The molecule has 0 amide bonds. The highest BCUT2D eigenvalue weighted by Gasteiger charge is 2.55. The summed E-state index contributed by atoms with van der Waals surface area (Å²) in [5.74, 6) is 3.66. The maximum Gasteiger partial charge on any atom is 0.0285 e. The molecule has 0 aromatic carbocycles. The minimum absolute atomic E-state index is 0.527. The van der Waals surface area contributed by atoms with E-state index in [2.05, 4.69) is 27.4 Å². The Hall–Kier alpha value is 0.140. The Kier molecular flexibility index (Phi) is 2.69. The summed E-state index contributed by atoms with van der Waals surface area (Å²) in [6.07, 6.45) is 7.20. The highest BCUT2D eigenvalue weighted by Crippen LogP contribution is 2.63. The second-order valence-electron chi connectivity index (χ2n) is 6.78. The fourth-order valence-corrected chi connectivity index (χ4v) is 7.07. The Morgan fingerprint density at radius 2 is 2.00 bits per heavy atom. The third-order valence-electron chi connectivity index (χ3n) is 5.83. The van der Waals surface area contributed by atoms with Crippen LogP contribution >= 0.6 is 27.3 Å². The van der Waals surface area contributed by atoms with Gasteiger partial charge in [0.2, 0.25) is 0 Å². The highest BCUT2D eigenvalue weighted by molar-refractivity contribution is 9.10. The highest BCUT2D eigenvalue weighted by atomic mass is 79.9. The van der Waals surface area contributed by atoms with Gasteiger partial charge < -0.3 is 5.73 Å². The molecule has 4 saturated carbocycles. The molecular formula is C15H20BrNS. The zero-order valence-corrected chi connectivity index (χ0v) is 13.0. The van der Waals surface area contributed by atoms with Gasteiger partial charge in [0, 0.05) is 20.1 Å². The standard InChI is InChI=1S/C15H20BrNS/c16-12-3-14(18-8-12)15-4-9-1-10(5-15)13(7-17)11(2-9)6-15/h3,8-11,13H,1-2,4-7,17H2. The Labute approximate surface area is 121 Å². The van der Waals surface area contributed by atoms with E-state index in [9.17, 15) is 0 Å². The van der Waals surface area contributed by atoms with Gasteiger partial charge >= 0.3 is 0 Å². The van der Waals surface area contributed by atoms with E-state index in [1.54, 1.807) is 4.88 Å². The van der Waals surface area contributed by atoms with Crippen molar-refractivity contribution in [1.29, 1.82) is 0 Å². The first-order chi connectivity index (χ1) is 8.70. The van der Waals surface area contributed by atoms with Crippen LogP contribution in [0.1, 0.15) is 37.0 Å². The van der Waals surface area contributed by atoms with Crippen LogP contribution in [0, 0.1) is 23.7 Å². The maximum atomic E-state index is 6.03. The molecule has 5 rings (SSSR count). The molecular weight excluding hydrogens is 306 g/mol. The van der Waals surface area contributed by atoms with Crippen molar-refractivity contribution in [2.75, 3.05) is 6.54 Å². The van der Waals surface area contributed by atoms with E-state index in [1.165, 1.54) is 36.6 Å². The van der Waals surface area contributed by atoms with E-state index in [0.717, 1.165) is 30.2 Å². The van der Waals surface area contributed by atoms with Gasteiger partial charge in [0.25, 0.3) is 0 Å². The molecule has 0 radical (unpaired) electrons. The van der Waals surface area contributed by atoms with E-state index >= 15 is 0 Å². The quantitative estimate of drug-likeness (QED) is 0.867. The first-order valence-electron chi connectivity index (χ1n) is 7.15. The topological polar surface area (TPSA) is 26.0 Å². The molecule has 0 spiro atoms. The Balaban J connectivity index is 1.72. The molecule has 2 N–H and O–H groups in total. The average molecular weight is 326 g/mol. The van der Waals surface area contributed by atoms with Crippen LogP contribution in [-0.2, 0) is 5.41 Å². The summed E-state index contributed by atoms with van der Waals surface area (Å²) in [6, 6.07) is 2.38. The maximum absolute atomic E-state index is 6.03. The number of rotatable bonds is 2. The third kappa shape index (κ3) is 1.60. The molecule has 0 saturated heterocycles. The van der Waals surface area contributed by atoms with Gasteiger partial charge in [-0.05, 0) is 84.3 Å². The second-order valence-corrected chi connectivity index (χ2v) is 8.61. The molecule has 4 aliphatic carbocycles. The summed E-state index contributed by atoms with van der Waals surface area (Å²) >= 11 is 5.60. The van der Waals surface area contributed by atoms with Crippen molar-refractivity contribution in [2.24, 2.45) is 29.4 Å². The van der Waals surface area contributed by atoms with E-state index in [1.807, 2.05) is 11.3 Å². The Bertz CT molecular complexity index is 453.